The first-order valence-electron chi connectivity index (χ1n) is 6.86. The molecule has 0 spiro atoms. The lowest BCUT2D eigenvalue weighted by molar-refractivity contribution is 0.414. The Labute approximate surface area is 130 Å². The molecule has 112 valence electrons. The van der Waals surface area contributed by atoms with Crippen molar-refractivity contribution in [1.82, 2.24) is 9.97 Å². The number of ether oxygens (including phenoxy) is 1. The summed E-state index contributed by atoms with van der Waals surface area (Å²) in [5.41, 5.74) is 9.20. The largest absolute Gasteiger partial charge is 0.495 e. The molecule has 0 atom stereocenters. The Kier molecular flexibility index (Phi) is 4.68. The zero-order valence-corrected chi connectivity index (χ0v) is 13.5. The molecule has 1 heterocycles. The SMILES string of the molecule is COc1cc(C(C)C)c(Cc2cnc(C)nc2N)cc1Cl. The van der Waals surface area contributed by atoms with Gasteiger partial charge in [-0.3, -0.25) is 0 Å². The molecule has 1 aromatic heterocycles. The number of anilines is 1. The third-order valence-corrected chi connectivity index (χ3v) is 3.73. The molecule has 2 rings (SSSR count). The van der Waals surface area contributed by atoms with Crippen molar-refractivity contribution in [2.24, 2.45) is 0 Å². The average molecular weight is 306 g/mol. The summed E-state index contributed by atoms with van der Waals surface area (Å²) in [6.45, 7) is 6.10. The van der Waals surface area contributed by atoms with E-state index in [0.717, 1.165) is 11.1 Å². The molecule has 0 radical (unpaired) electrons. The summed E-state index contributed by atoms with van der Waals surface area (Å²) < 4.78 is 5.30. The van der Waals surface area contributed by atoms with Crippen molar-refractivity contribution in [1.29, 1.82) is 0 Å². The van der Waals surface area contributed by atoms with Crippen LogP contribution in [0.3, 0.4) is 0 Å². The highest BCUT2D eigenvalue weighted by atomic mass is 35.5. The van der Waals surface area contributed by atoms with Crippen molar-refractivity contribution in [3.8, 4) is 5.75 Å². The van der Waals surface area contributed by atoms with E-state index in [0.29, 0.717) is 34.8 Å². The number of aryl methyl sites for hydroxylation is 1. The Morgan fingerprint density at radius 2 is 2.00 bits per heavy atom. The Balaban J connectivity index is 2.45. The standard InChI is InChI=1S/C16H20ClN3O/c1-9(2)13-7-15(21-4)14(17)6-11(13)5-12-8-19-10(3)20-16(12)18/h6-9H,5H2,1-4H3,(H2,18,19,20). The maximum Gasteiger partial charge on any atom is 0.137 e. The molecule has 0 unspecified atom stereocenters. The minimum Gasteiger partial charge on any atom is -0.495 e. The normalized spacial score (nSPS) is 11.0. The van der Waals surface area contributed by atoms with Gasteiger partial charge in [0, 0.05) is 18.2 Å². The summed E-state index contributed by atoms with van der Waals surface area (Å²) in [4.78, 5) is 8.43. The van der Waals surface area contributed by atoms with E-state index >= 15 is 0 Å². The number of halogens is 1. The van der Waals surface area contributed by atoms with Crippen LogP contribution >= 0.6 is 11.6 Å². The van der Waals surface area contributed by atoms with Crippen molar-refractivity contribution >= 4 is 17.4 Å². The van der Waals surface area contributed by atoms with E-state index in [9.17, 15) is 0 Å². The van der Waals surface area contributed by atoms with Gasteiger partial charge in [-0.2, -0.15) is 0 Å². The van der Waals surface area contributed by atoms with E-state index in [-0.39, 0.29) is 0 Å². The van der Waals surface area contributed by atoms with Crippen molar-refractivity contribution in [3.63, 3.8) is 0 Å². The van der Waals surface area contributed by atoms with Gasteiger partial charge in [0.25, 0.3) is 0 Å². The highest BCUT2D eigenvalue weighted by molar-refractivity contribution is 6.32. The number of aromatic nitrogens is 2. The molecule has 0 aliphatic heterocycles. The Bertz CT molecular complexity index is 656. The number of benzene rings is 1. The minimum atomic E-state index is 0.360. The second-order valence-corrected chi connectivity index (χ2v) is 5.75. The van der Waals surface area contributed by atoms with E-state index in [4.69, 9.17) is 22.1 Å². The molecule has 1 aromatic carbocycles. The predicted octanol–water partition coefficient (Wildman–Crippen LogP) is 3.74. The van der Waals surface area contributed by atoms with Gasteiger partial charge in [-0.05, 0) is 36.1 Å². The maximum atomic E-state index is 6.25. The molecule has 0 bridgehead atoms. The first-order chi connectivity index (χ1) is 9.92. The van der Waals surface area contributed by atoms with Crippen LogP contribution in [0.5, 0.6) is 5.75 Å². The molecule has 0 aliphatic rings. The van der Waals surface area contributed by atoms with Gasteiger partial charge in [-0.15, -0.1) is 0 Å². The summed E-state index contributed by atoms with van der Waals surface area (Å²) in [5.74, 6) is 2.24. The lowest BCUT2D eigenvalue weighted by Gasteiger charge is -2.16. The van der Waals surface area contributed by atoms with Gasteiger partial charge in [-0.25, -0.2) is 9.97 Å². The van der Waals surface area contributed by atoms with Gasteiger partial charge in [0.15, 0.2) is 0 Å². The van der Waals surface area contributed by atoms with Crippen LogP contribution in [-0.4, -0.2) is 17.1 Å². The van der Waals surface area contributed by atoms with E-state index in [2.05, 4.69) is 23.8 Å². The Hall–Kier alpha value is -1.81. The summed E-state index contributed by atoms with van der Waals surface area (Å²) in [6.07, 6.45) is 2.43. The smallest absolute Gasteiger partial charge is 0.137 e. The van der Waals surface area contributed by atoms with Gasteiger partial charge in [0.2, 0.25) is 0 Å². The van der Waals surface area contributed by atoms with E-state index in [1.807, 2.05) is 19.1 Å². The van der Waals surface area contributed by atoms with Crippen molar-refractivity contribution in [3.05, 3.63) is 45.9 Å². The number of nitrogens with zero attached hydrogens (tertiary/aromatic N) is 2. The van der Waals surface area contributed by atoms with E-state index < -0.39 is 0 Å². The van der Waals surface area contributed by atoms with Crippen molar-refractivity contribution in [2.75, 3.05) is 12.8 Å². The molecule has 0 amide bonds. The quantitative estimate of drug-likeness (QED) is 0.934. The number of hydrogen-bond donors (Lipinski definition) is 1. The summed E-state index contributed by atoms with van der Waals surface area (Å²) in [7, 11) is 1.62. The molecule has 0 saturated carbocycles. The fourth-order valence-corrected chi connectivity index (χ4v) is 2.57. The molecule has 21 heavy (non-hydrogen) atoms. The summed E-state index contributed by atoms with van der Waals surface area (Å²) >= 11 is 6.25. The monoisotopic (exact) mass is 305 g/mol. The zero-order valence-electron chi connectivity index (χ0n) is 12.8. The summed E-state index contributed by atoms with van der Waals surface area (Å²) in [5, 5.41) is 0.600. The minimum absolute atomic E-state index is 0.360. The number of hydrogen-bond acceptors (Lipinski definition) is 4. The predicted molar refractivity (Wildman–Crippen MR) is 86.1 cm³/mol. The third kappa shape index (κ3) is 3.45. The number of rotatable bonds is 4. The van der Waals surface area contributed by atoms with Crippen molar-refractivity contribution < 1.29 is 4.74 Å². The molecule has 2 aromatic rings. The maximum absolute atomic E-state index is 6.25. The molecule has 0 aliphatic carbocycles. The lowest BCUT2D eigenvalue weighted by Crippen LogP contribution is -2.05. The van der Waals surface area contributed by atoms with Crippen LogP contribution < -0.4 is 10.5 Å². The van der Waals surface area contributed by atoms with Gasteiger partial charge in [-0.1, -0.05) is 25.4 Å². The van der Waals surface area contributed by atoms with Gasteiger partial charge in [0.1, 0.15) is 17.4 Å². The van der Waals surface area contributed by atoms with Gasteiger partial charge < -0.3 is 10.5 Å². The molecular formula is C16H20ClN3O. The molecule has 0 fully saturated rings. The number of methoxy groups -OCH3 is 1. The molecule has 2 N–H and O–H groups in total. The van der Waals surface area contributed by atoms with Gasteiger partial charge >= 0.3 is 0 Å². The van der Waals surface area contributed by atoms with Crippen LogP contribution in [0, 0.1) is 6.92 Å². The topological polar surface area (TPSA) is 61.0 Å². The molecule has 5 heteroatoms. The van der Waals surface area contributed by atoms with Crippen molar-refractivity contribution in [2.45, 2.75) is 33.1 Å². The van der Waals surface area contributed by atoms with Crippen LogP contribution in [0.15, 0.2) is 18.3 Å². The third-order valence-electron chi connectivity index (χ3n) is 3.44. The van der Waals surface area contributed by atoms with Crippen LogP contribution in [-0.2, 0) is 6.42 Å². The lowest BCUT2D eigenvalue weighted by atomic mass is 9.93. The van der Waals surface area contributed by atoms with E-state index in [1.54, 1.807) is 13.3 Å². The molecule has 0 saturated heterocycles. The Morgan fingerprint density at radius 3 is 2.57 bits per heavy atom. The second-order valence-electron chi connectivity index (χ2n) is 5.34. The second kappa shape index (κ2) is 6.31. The fourth-order valence-electron chi connectivity index (χ4n) is 2.31. The van der Waals surface area contributed by atoms with Crippen LogP contribution in [0.4, 0.5) is 5.82 Å². The highest BCUT2D eigenvalue weighted by Crippen LogP contribution is 2.33. The van der Waals surface area contributed by atoms with Gasteiger partial charge in [0.05, 0.1) is 12.1 Å². The first-order valence-corrected chi connectivity index (χ1v) is 7.24. The van der Waals surface area contributed by atoms with E-state index in [1.165, 1.54) is 5.56 Å². The number of nitrogen functional groups attached to an aromatic ring is 1. The first kappa shape index (κ1) is 15.6. The highest BCUT2D eigenvalue weighted by Gasteiger charge is 2.14. The molecular weight excluding hydrogens is 286 g/mol. The van der Waals surface area contributed by atoms with Crippen LogP contribution in [0.25, 0.3) is 0 Å². The molecule has 4 nitrogen and oxygen atoms in total. The zero-order chi connectivity index (χ0) is 15.6. The number of nitrogens with two attached hydrogens (primary N) is 1. The Morgan fingerprint density at radius 1 is 1.29 bits per heavy atom. The van der Waals surface area contributed by atoms with Crippen LogP contribution in [0.2, 0.25) is 5.02 Å². The van der Waals surface area contributed by atoms with Crippen LogP contribution in [0.1, 0.15) is 42.3 Å². The fraction of sp³-hybridized carbons (Fsp3) is 0.375. The summed E-state index contributed by atoms with van der Waals surface area (Å²) in [6, 6.07) is 3.93. The average Bonchev–Trinajstić information content (AvgIpc) is 2.41.